The summed E-state index contributed by atoms with van der Waals surface area (Å²) in [4.78, 5) is 17.0. The van der Waals surface area contributed by atoms with Gasteiger partial charge in [0, 0.05) is 43.9 Å². The van der Waals surface area contributed by atoms with Gasteiger partial charge in [-0.1, -0.05) is 35.9 Å². The van der Waals surface area contributed by atoms with Crippen molar-refractivity contribution in [1.82, 2.24) is 19.6 Å². The maximum atomic E-state index is 13.5. The van der Waals surface area contributed by atoms with Crippen LogP contribution in [0.1, 0.15) is 16.1 Å². The number of para-hydroxylation sites is 1. The molecule has 0 bridgehead atoms. The van der Waals surface area contributed by atoms with Gasteiger partial charge < -0.3 is 14.4 Å². The van der Waals surface area contributed by atoms with E-state index in [0.717, 1.165) is 6.07 Å². The number of aromatic nitrogens is 2. The highest BCUT2D eigenvalue weighted by Crippen LogP contribution is 2.34. The van der Waals surface area contributed by atoms with Crippen molar-refractivity contribution in [3.05, 3.63) is 70.9 Å². The van der Waals surface area contributed by atoms with Crippen LogP contribution in [-0.4, -0.2) is 77.7 Å². The fourth-order valence-electron chi connectivity index (χ4n) is 4.36. The van der Waals surface area contributed by atoms with E-state index in [-0.39, 0.29) is 22.9 Å². The fourth-order valence-corrected chi connectivity index (χ4v) is 4.57. The summed E-state index contributed by atoms with van der Waals surface area (Å²) in [7, 11) is 0. The summed E-state index contributed by atoms with van der Waals surface area (Å²) in [6, 6.07) is 14.0. The Labute approximate surface area is 210 Å². The minimum atomic E-state index is -4.62. The third kappa shape index (κ3) is 5.27. The largest absolute Gasteiger partial charge is 0.435 e. The first-order valence-corrected chi connectivity index (χ1v) is 11.9. The SMILES string of the molecule is O=C(c1ccc(-c2cc(C(F)(F)F)nn2-c2ccccc2Cl)cc1)N1CCN(CC2OCCO2)CC1. The van der Waals surface area contributed by atoms with Crippen molar-refractivity contribution in [3.8, 4) is 16.9 Å². The van der Waals surface area contributed by atoms with Crippen LogP contribution < -0.4 is 0 Å². The maximum Gasteiger partial charge on any atom is 0.435 e. The summed E-state index contributed by atoms with van der Waals surface area (Å²) in [5.41, 5.74) is 0.477. The van der Waals surface area contributed by atoms with Crippen LogP contribution in [0, 0.1) is 0 Å². The lowest BCUT2D eigenvalue weighted by Crippen LogP contribution is -2.50. The molecule has 5 rings (SSSR count). The highest BCUT2D eigenvalue weighted by molar-refractivity contribution is 6.32. The van der Waals surface area contributed by atoms with E-state index in [2.05, 4.69) is 10.00 Å². The average molecular weight is 521 g/mol. The van der Waals surface area contributed by atoms with Crippen LogP contribution in [0.4, 0.5) is 13.2 Å². The predicted octanol–water partition coefficient (Wildman–Crippen LogP) is 4.34. The third-order valence-corrected chi connectivity index (χ3v) is 6.59. The van der Waals surface area contributed by atoms with Crippen molar-refractivity contribution in [2.75, 3.05) is 45.9 Å². The lowest BCUT2D eigenvalue weighted by Gasteiger charge is -2.35. The zero-order chi connectivity index (χ0) is 25.3. The van der Waals surface area contributed by atoms with Gasteiger partial charge in [0.1, 0.15) is 0 Å². The molecule has 2 fully saturated rings. The number of hydrogen-bond donors (Lipinski definition) is 0. The number of hydrogen-bond acceptors (Lipinski definition) is 5. The molecule has 11 heteroatoms. The number of carbonyl (C=O) groups is 1. The molecule has 0 N–H and O–H groups in total. The molecule has 0 radical (unpaired) electrons. The smallest absolute Gasteiger partial charge is 0.349 e. The van der Waals surface area contributed by atoms with Crippen molar-refractivity contribution in [3.63, 3.8) is 0 Å². The quantitative estimate of drug-likeness (QED) is 0.501. The molecule has 0 aliphatic carbocycles. The summed E-state index contributed by atoms with van der Waals surface area (Å²) in [6.45, 7) is 4.46. The van der Waals surface area contributed by atoms with E-state index in [4.69, 9.17) is 21.1 Å². The second kappa shape index (κ2) is 10.2. The first-order chi connectivity index (χ1) is 17.3. The van der Waals surface area contributed by atoms with Gasteiger partial charge in [0.25, 0.3) is 5.91 Å². The first kappa shape index (κ1) is 24.8. The van der Waals surface area contributed by atoms with Gasteiger partial charge in [-0.2, -0.15) is 18.3 Å². The van der Waals surface area contributed by atoms with Gasteiger partial charge in [-0.3, -0.25) is 9.69 Å². The molecule has 2 aliphatic rings. The van der Waals surface area contributed by atoms with Crippen molar-refractivity contribution in [1.29, 1.82) is 0 Å². The topological polar surface area (TPSA) is 59.8 Å². The molecule has 36 heavy (non-hydrogen) atoms. The molecule has 190 valence electrons. The number of carbonyl (C=O) groups excluding carboxylic acids is 1. The number of alkyl halides is 3. The molecule has 3 aromatic rings. The van der Waals surface area contributed by atoms with Crippen LogP contribution in [0.3, 0.4) is 0 Å². The van der Waals surface area contributed by atoms with Crippen molar-refractivity contribution in [2.24, 2.45) is 0 Å². The van der Waals surface area contributed by atoms with Gasteiger partial charge >= 0.3 is 6.18 Å². The first-order valence-electron chi connectivity index (χ1n) is 11.6. The normalized spacial score (nSPS) is 17.6. The van der Waals surface area contributed by atoms with Gasteiger partial charge in [-0.25, -0.2) is 4.68 Å². The lowest BCUT2D eigenvalue weighted by molar-refractivity contribution is -0.141. The molecule has 2 aliphatic heterocycles. The highest BCUT2D eigenvalue weighted by atomic mass is 35.5. The molecule has 0 atom stereocenters. The second-order valence-electron chi connectivity index (χ2n) is 8.62. The van der Waals surface area contributed by atoms with Crippen molar-refractivity contribution >= 4 is 17.5 Å². The Morgan fingerprint density at radius 3 is 2.31 bits per heavy atom. The summed E-state index contributed by atoms with van der Waals surface area (Å²) in [6.07, 6.45) is -4.83. The zero-order valence-electron chi connectivity index (χ0n) is 19.2. The zero-order valence-corrected chi connectivity index (χ0v) is 20.0. The Balaban J connectivity index is 1.32. The monoisotopic (exact) mass is 520 g/mol. The van der Waals surface area contributed by atoms with Crippen LogP contribution in [-0.2, 0) is 15.7 Å². The van der Waals surface area contributed by atoms with Crippen LogP contribution in [0.2, 0.25) is 5.02 Å². The molecule has 1 amide bonds. The van der Waals surface area contributed by atoms with E-state index in [0.29, 0.717) is 62.8 Å². The number of halogens is 4. The van der Waals surface area contributed by atoms with Gasteiger partial charge in [0.15, 0.2) is 12.0 Å². The number of nitrogens with zero attached hydrogens (tertiary/aromatic N) is 4. The summed E-state index contributed by atoms with van der Waals surface area (Å²) >= 11 is 6.24. The fraction of sp³-hybridized carbons (Fsp3) is 0.360. The molecule has 0 saturated carbocycles. The van der Waals surface area contributed by atoms with E-state index in [1.54, 1.807) is 53.4 Å². The molecule has 2 saturated heterocycles. The summed E-state index contributed by atoms with van der Waals surface area (Å²) < 4.78 is 52.5. The number of amides is 1. The number of ether oxygens (including phenoxy) is 2. The van der Waals surface area contributed by atoms with Crippen LogP contribution in [0.15, 0.2) is 54.6 Å². The van der Waals surface area contributed by atoms with E-state index >= 15 is 0 Å². The van der Waals surface area contributed by atoms with E-state index in [1.165, 1.54) is 4.68 Å². The van der Waals surface area contributed by atoms with Gasteiger partial charge in [-0.05, 0) is 30.3 Å². The van der Waals surface area contributed by atoms with Crippen molar-refractivity contribution < 1.29 is 27.4 Å². The third-order valence-electron chi connectivity index (χ3n) is 6.27. The minimum absolute atomic E-state index is 0.120. The lowest BCUT2D eigenvalue weighted by atomic mass is 10.1. The summed E-state index contributed by atoms with van der Waals surface area (Å²) in [5.74, 6) is -0.120. The van der Waals surface area contributed by atoms with Crippen LogP contribution in [0.25, 0.3) is 16.9 Å². The van der Waals surface area contributed by atoms with Gasteiger partial charge in [0.2, 0.25) is 0 Å². The Hall–Kier alpha value is -2.92. The Morgan fingerprint density at radius 1 is 1.00 bits per heavy atom. The molecule has 2 aromatic carbocycles. The van der Waals surface area contributed by atoms with Crippen LogP contribution >= 0.6 is 11.6 Å². The molecular weight excluding hydrogens is 497 g/mol. The second-order valence-corrected chi connectivity index (χ2v) is 9.02. The van der Waals surface area contributed by atoms with Gasteiger partial charge in [-0.15, -0.1) is 0 Å². The van der Waals surface area contributed by atoms with Crippen molar-refractivity contribution in [2.45, 2.75) is 12.5 Å². The number of benzene rings is 2. The summed E-state index contributed by atoms with van der Waals surface area (Å²) in [5, 5.41) is 4.04. The molecule has 3 heterocycles. The predicted molar refractivity (Wildman–Crippen MR) is 127 cm³/mol. The Morgan fingerprint density at radius 2 is 1.67 bits per heavy atom. The van der Waals surface area contributed by atoms with E-state index in [9.17, 15) is 18.0 Å². The maximum absolute atomic E-state index is 13.5. The van der Waals surface area contributed by atoms with Gasteiger partial charge in [0.05, 0.1) is 29.6 Å². The Bertz CT molecular complexity index is 1220. The van der Waals surface area contributed by atoms with E-state index in [1.807, 2.05) is 0 Å². The minimum Gasteiger partial charge on any atom is -0.349 e. The Kier molecular flexibility index (Phi) is 7.03. The molecule has 0 unspecified atom stereocenters. The molecule has 0 spiro atoms. The molecule has 1 aromatic heterocycles. The number of rotatable bonds is 5. The molecule has 7 nitrogen and oxygen atoms in total. The van der Waals surface area contributed by atoms with Crippen LogP contribution in [0.5, 0.6) is 0 Å². The standard InChI is InChI=1S/C25H24ClF3N4O3/c26-19-3-1-2-4-20(19)33-21(15-22(30-33)25(27,28)29)17-5-7-18(8-6-17)24(34)32-11-9-31(10-12-32)16-23-35-13-14-36-23/h1-8,15,23H,9-14,16H2. The van der Waals surface area contributed by atoms with E-state index < -0.39 is 11.9 Å². The highest BCUT2D eigenvalue weighted by Gasteiger charge is 2.35. The molecular formula is C25H24ClF3N4O3. The number of piperazine rings is 1. The average Bonchev–Trinajstić information content (AvgIpc) is 3.55.